The highest BCUT2D eigenvalue weighted by molar-refractivity contribution is 6.02. The van der Waals surface area contributed by atoms with E-state index in [-0.39, 0.29) is 17.0 Å². The monoisotopic (exact) mass is 453 g/mol. The van der Waals surface area contributed by atoms with Gasteiger partial charge in [-0.25, -0.2) is 4.52 Å². The molecule has 0 aliphatic heterocycles. The first kappa shape index (κ1) is 21.4. The van der Waals surface area contributed by atoms with Crippen LogP contribution in [0.1, 0.15) is 27.3 Å². The van der Waals surface area contributed by atoms with Crippen molar-refractivity contribution < 1.29 is 9.53 Å². The summed E-state index contributed by atoms with van der Waals surface area (Å²) >= 11 is 0. The molecule has 3 aromatic carbocycles. The number of methoxy groups -OCH3 is 1. The zero-order valence-electron chi connectivity index (χ0n) is 19.1. The van der Waals surface area contributed by atoms with Crippen LogP contribution in [0.15, 0.2) is 71.5 Å². The number of hydrogen-bond acceptors (Lipinski definition) is 5. The Balaban J connectivity index is 1.63. The van der Waals surface area contributed by atoms with E-state index in [1.54, 1.807) is 35.9 Å². The normalized spacial score (nSPS) is 11.1. The van der Waals surface area contributed by atoms with Crippen LogP contribution in [-0.2, 0) is 6.54 Å². The second kappa shape index (κ2) is 8.47. The molecule has 8 heteroatoms. The largest absolute Gasteiger partial charge is 0.497 e. The Morgan fingerprint density at radius 1 is 1.00 bits per heavy atom. The van der Waals surface area contributed by atoms with Crippen molar-refractivity contribution >= 4 is 28.3 Å². The number of aryl methyl sites for hydroxylation is 2. The third-order valence-corrected chi connectivity index (χ3v) is 5.81. The maximum atomic E-state index is 13.5. The first-order valence-corrected chi connectivity index (χ1v) is 10.8. The van der Waals surface area contributed by atoms with Crippen molar-refractivity contribution in [3.63, 3.8) is 0 Å². The van der Waals surface area contributed by atoms with E-state index >= 15 is 0 Å². The van der Waals surface area contributed by atoms with E-state index in [1.807, 2.05) is 56.3 Å². The molecule has 34 heavy (non-hydrogen) atoms. The lowest BCUT2D eigenvalue weighted by Crippen LogP contribution is -2.24. The summed E-state index contributed by atoms with van der Waals surface area (Å²) in [6.07, 6.45) is 0. The van der Waals surface area contributed by atoms with Crippen LogP contribution in [0.3, 0.4) is 0 Å². The minimum Gasteiger partial charge on any atom is -0.497 e. The highest BCUT2D eigenvalue weighted by Crippen LogP contribution is 2.20. The zero-order valence-corrected chi connectivity index (χ0v) is 19.1. The van der Waals surface area contributed by atoms with E-state index in [2.05, 4.69) is 15.4 Å². The molecule has 0 fully saturated rings. The van der Waals surface area contributed by atoms with E-state index in [9.17, 15) is 9.59 Å². The minimum atomic E-state index is -0.512. The van der Waals surface area contributed by atoms with Crippen LogP contribution in [-0.4, -0.2) is 32.2 Å². The summed E-state index contributed by atoms with van der Waals surface area (Å²) in [4.78, 5) is 30.8. The first-order chi connectivity index (χ1) is 16.4. The summed E-state index contributed by atoms with van der Waals surface area (Å²) in [6.45, 7) is 4.38. The fourth-order valence-electron chi connectivity index (χ4n) is 3.98. The van der Waals surface area contributed by atoms with Gasteiger partial charge in [-0.3, -0.25) is 14.2 Å². The van der Waals surface area contributed by atoms with Crippen molar-refractivity contribution in [3.05, 3.63) is 99.6 Å². The van der Waals surface area contributed by atoms with Crippen molar-refractivity contribution in [1.82, 2.24) is 19.2 Å². The van der Waals surface area contributed by atoms with Gasteiger partial charge in [0.1, 0.15) is 5.75 Å². The number of carbonyl (C=O) groups is 1. The van der Waals surface area contributed by atoms with E-state index in [4.69, 9.17) is 4.74 Å². The number of nitrogens with one attached hydrogen (secondary N) is 1. The Morgan fingerprint density at radius 3 is 2.62 bits per heavy atom. The average Bonchev–Trinajstić information content (AvgIpc) is 3.29. The smallest absolute Gasteiger partial charge is 0.296 e. The molecular weight excluding hydrogens is 430 g/mol. The molecule has 0 radical (unpaired) electrons. The minimum absolute atomic E-state index is 0.0876. The summed E-state index contributed by atoms with van der Waals surface area (Å²) in [6, 6.07) is 20.7. The van der Waals surface area contributed by atoms with Crippen LogP contribution in [0, 0.1) is 13.8 Å². The van der Waals surface area contributed by atoms with Gasteiger partial charge in [-0.1, -0.05) is 36.4 Å². The van der Waals surface area contributed by atoms with Gasteiger partial charge in [0.15, 0.2) is 0 Å². The second-order valence-corrected chi connectivity index (χ2v) is 8.17. The van der Waals surface area contributed by atoms with Gasteiger partial charge >= 0.3 is 0 Å². The highest BCUT2D eigenvalue weighted by Gasteiger charge is 2.20. The number of rotatable bonds is 5. The Hall–Kier alpha value is -4.46. The van der Waals surface area contributed by atoms with Crippen molar-refractivity contribution in [3.8, 4) is 5.75 Å². The summed E-state index contributed by atoms with van der Waals surface area (Å²) in [5.41, 5.74) is 4.89. The summed E-state index contributed by atoms with van der Waals surface area (Å²) in [5, 5.41) is 7.15. The molecule has 2 aromatic heterocycles. The molecule has 0 spiro atoms. The van der Waals surface area contributed by atoms with Crippen LogP contribution in [0.4, 0.5) is 5.69 Å². The van der Waals surface area contributed by atoms with Crippen LogP contribution in [0.5, 0.6) is 5.75 Å². The topological polar surface area (TPSA) is 90.5 Å². The maximum absolute atomic E-state index is 13.5. The summed E-state index contributed by atoms with van der Waals surface area (Å²) < 4.78 is 8.35. The lowest BCUT2D eigenvalue weighted by molar-refractivity contribution is 0.101. The first-order valence-electron chi connectivity index (χ1n) is 10.8. The zero-order chi connectivity index (χ0) is 23.8. The molecule has 0 unspecified atom stereocenters. The summed E-state index contributed by atoms with van der Waals surface area (Å²) in [7, 11) is 1.55. The van der Waals surface area contributed by atoms with Gasteiger partial charge < -0.3 is 10.1 Å². The van der Waals surface area contributed by atoms with Gasteiger partial charge in [0.25, 0.3) is 11.5 Å². The molecule has 0 aliphatic rings. The molecule has 1 N–H and O–H groups in total. The quantitative estimate of drug-likeness (QED) is 0.435. The molecule has 2 heterocycles. The maximum Gasteiger partial charge on any atom is 0.296 e. The molecule has 0 bridgehead atoms. The fraction of sp³-hybridized carbons (Fsp3) is 0.154. The molecule has 5 rings (SSSR count). The lowest BCUT2D eigenvalue weighted by Gasteiger charge is -2.13. The number of hydrogen-bond donors (Lipinski definition) is 1. The van der Waals surface area contributed by atoms with E-state index in [1.165, 1.54) is 4.52 Å². The van der Waals surface area contributed by atoms with Crippen molar-refractivity contribution in [1.29, 1.82) is 0 Å². The number of fused-ring (bicyclic) bond motifs is 3. The molecule has 0 saturated heterocycles. The van der Waals surface area contributed by atoms with Gasteiger partial charge in [0, 0.05) is 11.8 Å². The predicted octanol–water partition coefficient (Wildman–Crippen LogP) is 3.97. The van der Waals surface area contributed by atoms with Crippen LogP contribution >= 0.6 is 0 Å². The van der Waals surface area contributed by atoms with Crippen LogP contribution in [0.25, 0.3) is 16.7 Å². The van der Waals surface area contributed by atoms with Crippen molar-refractivity contribution in [2.24, 2.45) is 0 Å². The Kier molecular flexibility index (Phi) is 5.33. The Bertz CT molecular complexity index is 1620. The molecule has 0 atom stereocenters. The van der Waals surface area contributed by atoms with Crippen molar-refractivity contribution in [2.75, 3.05) is 12.4 Å². The molecular formula is C26H23N5O3. The van der Waals surface area contributed by atoms with Crippen LogP contribution in [0.2, 0.25) is 0 Å². The van der Waals surface area contributed by atoms with Gasteiger partial charge in [-0.05, 0) is 54.8 Å². The number of anilines is 1. The molecule has 5 aromatic rings. The van der Waals surface area contributed by atoms with Gasteiger partial charge in [0.05, 0.1) is 24.7 Å². The van der Waals surface area contributed by atoms with E-state index in [0.29, 0.717) is 23.5 Å². The van der Waals surface area contributed by atoms with Crippen molar-refractivity contribution in [2.45, 2.75) is 20.4 Å². The van der Waals surface area contributed by atoms with Crippen LogP contribution < -0.4 is 15.6 Å². The standard InChI is InChI=1S/C26H23N5O3/c1-16-11-12-21-22(13-16)30(15-18-8-5-4-7-17(18)2)26(33)24-28-23(29-31(21)24)25(32)27-19-9-6-10-20(14-19)34-3/h4-14H,15H2,1-3H3,(H,27,32). The van der Waals surface area contributed by atoms with Gasteiger partial charge in [0.2, 0.25) is 11.5 Å². The second-order valence-electron chi connectivity index (χ2n) is 8.17. The van der Waals surface area contributed by atoms with Gasteiger partial charge in [-0.15, -0.1) is 5.10 Å². The molecule has 1 amide bonds. The fourth-order valence-corrected chi connectivity index (χ4v) is 3.98. The Labute approximate surface area is 195 Å². The molecule has 8 nitrogen and oxygen atoms in total. The highest BCUT2D eigenvalue weighted by atomic mass is 16.5. The van der Waals surface area contributed by atoms with Gasteiger partial charge in [-0.2, -0.15) is 4.98 Å². The van der Waals surface area contributed by atoms with E-state index in [0.717, 1.165) is 22.2 Å². The number of aromatic nitrogens is 4. The van der Waals surface area contributed by atoms with E-state index < -0.39 is 5.91 Å². The number of ether oxygens (including phenoxy) is 1. The number of benzene rings is 3. The third-order valence-electron chi connectivity index (χ3n) is 5.81. The SMILES string of the molecule is COc1cccc(NC(=O)c2nc3c(=O)n(Cc4ccccc4C)c4cc(C)ccc4n3n2)c1. The number of amides is 1. The number of carbonyl (C=O) groups excluding carboxylic acids is 1. The molecule has 0 saturated carbocycles. The number of nitrogens with zero attached hydrogens (tertiary/aromatic N) is 4. The summed E-state index contributed by atoms with van der Waals surface area (Å²) in [5.74, 6) is 0.0127. The molecule has 170 valence electrons. The Morgan fingerprint density at radius 2 is 1.82 bits per heavy atom. The molecule has 0 aliphatic carbocycles. The average molecular weight is 454 g/mol. The predicted molar refractivity (Wildman–Crippen MR) is 131 cm³/mol. The lowest BCUT2D eigenvalue weighted by atomic mass is 10.1. The third kappa shape index (κ3) is 3.79.